The van der Waals surface area contributed by atoms with Crippen LogP contribution in [0.15, 0.2) is 77.3 Å². The van der Waals surface area contributed by atoms with E-state index in [0.717, 1.165) is 4.47 Å². The highest BCUT2D eigenvalue weighted by atomic mass is 79.9. The van der Waals surface area contributed by atoms with E-state index in [1.165, 1.54) is 48.6 Å². The van der Waals surface area contributed by atoms with Gasteiger partial charge in [0.15, 0.2) is 0 Å². The van der Waals surface area contributed by atoms with Crippen molar-refractivity contribution in [2.24, 2.45) is 0 Å². The van der Waals surface area contributed by atoms with Crippen molar-refractivity contribution in [1.82, 2.24) is 0 Å². The number of hydrogen-bond donors (Lipinski definition) is 0. The number of hydrogen-bond acceptors (Lipinski definition) is 0. The lowest BCUT2D eigenvalue weighted by Crippen LogP contribution is -2.37. The van der Waals surface area contributed by atoms with Gasteiger partial charge in [0.25, 0.3) is 0 Å². The van der Waals surface area contributed by atoms with E-state index in [1.807, 2.05) is 0 Å². The third-order valence-electron chi connectivity index (χ3n) is 5.58. The largest absolute Gasteiger partial charge is 0.0776 e. The molecule has 5 rings (SSSR count). The van der Waals surface area contributed by atoms with Crippen molar-refractivity contribution in [2.75, 3.05) is 0 Å². The molecule has 0 bridgehead atoms. The second-order valence-corrected chi connectivity index (χ2v) is 14.5. The SMILES string of the molecule is C[Si](C)(C)c1cc2ccc3cc(-c4ccc(Br)cc4)cc4ccc(c1)c2c34. The minimum atomic E-state index is -1.34. The Morgan fingerprint density at radius 2 is 1.00 bits per heavy atom. The van der Waals surface area contributed by atoms with Crippen molar-refractivity contribution in [3.8, 4) is 11.1 Å². The summed E-state index contributed by atoms with van der Waals surface area (Å²) >= 11 is 3.53. The van der Waals surface area contributed by atoms with Gasteiger partial charge in [-0.2, -0.15) is 0 Å². The fourth-order valence-electron chi connectivity index (χ4n) is 4.08. The molecule has 27 heavy (non-hydrogen) atoms. The van der Waals surface area contributed by atoms with Gasteiger partial charge in [0.1, 0.15) is 0 Å². The summed E-state index contributed by atoms with van der Waals surface area (Å²) in [5.41, 5.74) is 2.53. The molecule has 0 nitrogen and oxygen atoms in total. The molecule has 0 unspecified atom stereocenters. The van der Waals surface area contributed by atoms with Crippen LogP contribution in [0.4, 0.5) is 0 Å². The molecule has 132 valence electrons. The highest BCUT2D eigenvalue weighted by molar-refractivity contribution is 9.10. The second kappa shape index (κ2) is 5.92. The van der Waals surface area contributed by atoms with Gasteiger partial charge in [-0.05, 0) is 67.7 Å². The Hall–Kier alpha value is -2.16. The highest BCUT2D eigenvalue weighted by Crippen LogP contribution is 2.37. The smallest absolute Gasteiger partial charge is 0.0656 e. The number of rotatable bonds is 2. The fraction of sp³-hybridized carbons (Fsp3) is 0.120. The van der Waals surface area contributed by atoms with Gasteiger partial charge in [0, 0.05) is 4.47 Å². The summed E-state index contributed by atoms with van der Waals surface area (Å²) in [5.74, 6) is 0. The Kier molecular flexibility index (Phi) is 3.72. The summed E-state index contributed by atoms with van der Waals surface area (Å²) in [6, 6.07) is 27.3. The van der Waals surface area contributed by atoms with E-state index in [2.05, 4.69) is 108 Å². The van der Waals surface area contributed by atoms with Crippen LogP contribution in [0.1, 0.15) is 0 Å². The monoisotopic (exact) mass is 428 g/mol. The average Bonchev–Trinajstić information content (AvgIpc) is 2.65. The summed E-state index contributed by atoms with van der Waals surface area (Å²) in [6.07, 6.45) is 0. The lowest BCUT2D eigenvalue weighted by molar-refractivity contribution is 1.62. The van der Waals surface area contributed by atoms with Crippen molar-refractivity contribution in [2.45, 2.75) is 19.6 Å². The zero-order chi connectivity index (χ0) is 18.8. The maximum absolute atomic E-state index is 3.53. The lowest BCUT2D eigenvalue weighted by Gasteiger charge is -2.20. The normalized spacial score (nSPS) is 12.4. The maximum atomic E-state index is 3.53. The van der Waals surface area contributed by atoms with Crippen LogP contribution in [0.3, 0.4) is 0 Å². The Balaban J connectivity index is 1.82. The molecule has 0 aliphatic carbocycles. The molecule has 0 aliphatic heterocycles. The van der Waals surface area contributed by atoms with Crippen LogP contribution < -0.4 is 5.19 Å². The summed E-state index contributed by atoms with van der Waals surface area (Å²) in [5, 5.41) is 9.73. The topological polar surface area (TPSA) is 0 Å². The molecule has 0 saturated carbocycles. The molecular formula is C25H21BrSi. The lowest BCUT2D eigenvalue weighted by atomic mass is 9.91. The molecule has 0 saturated heterocycles. The first-order chi connectivity index (χ1) is 12.9. The van der Waals surface area contributed by atoms with E-state index in [9.17, 15) is 0 Å². The van der Waals surface area contributed by atoms with Crippen LogP contribution in [0.5, 0.6) is 0 Å². The molecule has 2 heteroatoms. The summed E-state index contributed by atoms with van der Waals surface area (Å²) in [4.78, 5) is 0. The predicted octanol–water partition coefficient (Wildman–Crippen LogP) is 7.56. The minimum absolute atomic E-state index is 1.11. The Morgan fingerprint density at radius 3 is 1.44 bits per heavy atom. The molecule has 0 heterocycles. The first-order valence-corrected chi connectivity index (χ1v) is 13.7. The van der Waals surface area contributed by atoms with Crippen molar-refractivity contribution in [3.63, 3.8) is 0 Å². The molecule has 0 amide bonds. The average molecular weight is 429 g/mol. The van der Waals surface area contributed by atoms with Crippen molar-refractivity contribution in [3.05, 3.63) is 77.3 Å². The maximum Gasteiger partial charge on any atom is 0.0776 e. The van der Waals surface area contributed by atoms with E-state index < -0.39 is 8.07 Å². The Bertz CT molecular complexity index is 1230. The Labute approximate surface area is 169 Å². The molecule has 0 radical (unpaired) electrons. The molecule has 0 spiro atoms. The van der Waals surface area contributed by atoms with Gasteiger partial charge in [0.2, 0.25) is 0 Å². The highest BCUT2D eigenvalue weighted by Gasteiger charge is 2.19. The first-order valence-electron chi connectivity index (χ1n) is 9.39. The fourth-order valence-corrected chi connectivity index (χ4v) is 5.52. The van der Waals surface area contributed by atoms with E-state index >= 15 is 0 Å². The third-order valence-corrected chi connectivity index (χ3v) is 8.13. The van der Waals surface area contributed by atoms with E-state index in [-0.39, 0.29) is 0 Å². The van der Waals surface area contributed by atoms with Crippen LogP contribution in [0.2, 0.25) is 19.6 Å². The molecule has 0 aromatic heterocycles. The van der Waals surface area contributed by atoms with Crippen molar-refractivity contribution < 1.29 is 0 Å². The molecule has 0 aliphatic rings. The number of halogens is 1. The minimum Gasteiger partial charge on any atom is -0.0656 e. The molecule has 5 aromatic carbocycles. The van der Waals surface area contributed by atoms with Gasteiger partial charge in [-0.25, -0.2) is 0 Å². The van der Waals surface area contributed by atoms with Crippen molar-refractivity contribution in [1.29, 1.82) is 0 Å². The molecule has 0 atom stereocenters. The van der Waals surface area contributed by atoms with Crippen LogP contribution in [0, 0.1) is 0 Å². The molecular weight excluding hydrogens is 408 g/mol. The first kappa shape index (κ1) is 17.0. The van der Waals surface area contributed by atoms with E-state index in [0.29, 0.717) is 0 Å². The van der Waals surface area contributed by atoms with Crippen LogP contribution in [-0.4, -0.2) is 8.07 Å². The van der Waals surface area contributed by atoms with Gasteiger partial charge in [-0.15, -0.1) is 0 Å². The van der Waals surface area contributed by atoms with E-state index in [1.54, 1.807) is 0 Å². The van der Waals surface area contributed by atoms with Gasteiger partial charge >= 0.3 is 0 Å². The van der Waals surface area contributed by atoms with Crippen LogP contribution >= 0.6 is 15.9 Å². The van der Waals surface area contributed by atoms with Crippen molar-refractivity contribution >= 4 is 61.5 Å². The second-order valence-electron chi connectivity index (χ2n) is 8.48. The van der Waals surface area contributed by atoms with Crippen LogP contribution in [0.25, 0.3) is 43.4 Å². The van der Waals surface area contributed by atoms with E-state index in [4.69, 9.17) is 0 Å². The van der Waals surface area contributed by atoms with Gasteiger partial charge < -0.3 is 0 Å². The summed E-state index contributed by atoms with van der Waals surface area (Å²) in [6.45, 7) is 7.26. The molecule has 0 N–H and O–H groups in total. The summed E-state index contributed by atoms with van der Waals surface area (Å²) in [7, 11) is -1.34. The zero-order valence-corrected chi connectivity index (χ0v) is 18.4. The standard InChI is InChI=1S/C25H21BrSi/c1-27(2,3)23-14-19-6-4-17-12-21(16-8-10-22(26)11-9-16)13-18-5-7-20(15-23)25(19)24(17)18/h4-15H,1-3H3. The predicted molar refractivity (Wildman–Crippen MR) is 126 cm³/mol. The van der Waals surface area contributed by atoms with Gasteiger partial charge in [0.05, 0.1) is 8.07 Å². The van der Waals surface area contributed by atoms with Gasteiger partial charge in [-0.1, -0.05) is 89.3 Å². The molecule has 5 aromatic rings. The quantitative estimate of drug-likeness (QED) is 0.201. The van der Waals surface area contributed by atoms with Gasteiger partial charge in [-0.3, -0.25) is 0 Å². The number of benzene rings is 5. The third kappa shape index (κ3) is 2.79. The van der Waals surface area contributed by atoms with Crippen LogP contribution in [-0.2, 0) is 0 Å². The summed E-state index contributed by atoms with van der Waals surface area (Å²) < 4.78 is 1.11. The zero-order valence-electron chi connectivity index (χ0n) is 15.8. The Morgan fingerprint density at radius 1 is 0.556 bits per heavy atom. The molecule has 0 fully saturated rings.